The van der Waals surface area contributed by atoms with Crippen molar-refractivity contribution in [2.75, 3.05) is 0 Å². The van der Waals surface area contributed by atoms with Crippen LogP contribution in [0.2, 0.25) is 0 Å². The molecule has 0 amide bonds. The molecular formula is C19H13FN2O2. The largest absolute Gasteiger partial charge is 0.321 e. The average Bonchev–Trinajstić information content (AvgIpc) is 3.00. The van der Waals surface area contributed by atoms with E-state index in [2.05, 4.69) is 4.98 Å². The van der Waals surface area contributed by atoms with Crippen molar-refractivity contribution in [3.63, 3.8) is 0 Å². The topological polar surface area (TPSA) is 52.0 Å². The number of fused-ring (bicyclic) bond motifs is 2. The van der Waals surface area contributed by atoms with Gasteiger partial charge >= 0.3 is 0 Å². The Labute approximate surface area is 137 Å². The fraction of sp³-hybridized carbons (Fsp3) is 0.105. The summed E-state index contributed by atoms with van der Waals surface area (Å²) >= 11 is 0. The highest BCUT2D eigenvalue weighted by Crippen LogP contribution is 2.31. The molecule has 0 saturated heterocycles. The first kappa shape index (κ1) is 14.5. The van der Waals surface area contributed by atoms with Crippen molar-refractivity contribution >= 4 is 11.6 Å². The van der Waals surface area contributed by atoms with Gasteiger partial charge in [0, 0.05) is 23.2 Å². The lowest BCUT2D eigenvalue weighted by Crippen LogP contribution is -2.23. The van der Waals surface area contributed by atoms with E-state index in [0.29, 0.717) is 34.8 Å². The zero-order chi connectivity index (χ0) is 16.8. The van der Waals surface area contributed by atoms with Crippen LogP contribution >= 0.6 is 0 Å². The second-order valence-corrected chi connectivity index (χ2v) is 5.59. The fourth-order valence-corrected chi connectivity index (χ4v) is 3.10. The molecule has 24 heavy (non-hydrogen) atoms. The van der Waals surface area contributed by atoms with Gasteiger partial charge in [0.15, 0.2) is 0 Å². The third-order valence-electron chi connectivity index (χ3n) is 4.23. The van der Waals surface area contributed by atoms with E-state index >= 15 is 0 Å². The predicted molar refractivity (Wildman–Crippen MR) is 86.6 cm³/mol. The Balaban J connectivity index is 1.97. The summed E-state index contributed by atoms with van der Waals surface area (Å²) in [7, 11) is 0. The first-order valence-electron chi connectivity index (χ1n) is 7.66. The highest BCUT2D eigenvalue weighted by atomic mass is 19.1. The third-order valence-corrected chi connectivity index (χ3v) is 4.23. The fourth-order valence-electron chi connectivity index (χ4n) is 3.10. The minimum absolute atomic E-state index is 0.167. The van der Waals surface area contributed by atoms with Gasteiger partial charge in [-0.3, -0.25) is 9.59 Å². The van der Waals surface area contributed by atoms with Crippen LogP contribution in [0.4, 0.5) is 4.39 Å². The molecule has 0 saturated carbocycles. The summed E-state index contributed by atoms with van der Waals surface area (Å²) in [6, 6.07) is 12.6. The van der Waals surface area contributed by atoms with Crippen molar-refractivity contribution in [2.24, 2.45) is 0 Å². The minimum atomic E-state index is -0.349. The van der Waals surface area contributed by atoms with E-state index in [4.69, 9.17) is 0 Å². The summed E-state index contributed by atoms with van der Waals surface area (Å²) in [6.45, 7) is 2.36. The van der Waals surface area contributed by atoms with Gasteiger partial charge < -0.3 is 4.57 Å². The number of hydrogen-bond donors (Lipinski definition) is 0. The zero-order valence-corrected chi connectivity index (χ0v) is 12.9. The molecule has 0 spiro atoms. The van der Waals surface area contributed by atoms with Crippen molar-refractivity contribution in [1.82, 2.24) is 9.55 Å². The molecule has 0 N–H and O–H groups in total. The van der Waals surface area contributed by atoms with E-state index in [9.17, 15) is 14.0 Å². The first-order valence-corrected chi connectivity index (χ1v) is 7.66. The van der Waals surface area contributed by atoms with E-state index < -0.39 is 0 Å². The molecule has 3 aromatic rings. The first-order chi connectivity index (χ1) is 11.6. The quantitative estimate of drug-likeness (QED) is 0.568. The maximum Gasteiger partial charge on any atom is 0.214 e. The number of nitrogens with zero attached hydrogens (tertiary/aromatic N) is 2. The van der Waals surface area contributed by atoms with E-state index in [1.807, 2.05) is 6.92 Å². The van der Waals surface area contributed by atoms with Gasteiger partial charge in [0.25, 0.3) is 0 Å². The second kappa shape index (κ2) is 5.23. The predicted octanol–water partition coefficient (Wildman–Crippen LogP) is 3.48. The minimum Gasteiger partial charge on any atom is -0.321 e. The second-order valence-electron chi connectivity index (χ2n) is 5.59. The Morgan fingerprint density at radius 2 is 1.58 bits per heavy atom. The maximum absolute atomic E-state index is 13.2. The monoisotopic (exact) mass is 320 g/mol. The van der Waals surface area contributed by atoms with Crippen molar-refractivity contribution in [1.29, 1.82) is 0 Å². The number of hydrogen-bond acceptors (Lipinski definition) is 3. The van der Waals surface area contributed by atoms with Crippen LogP contribution < -0.4 is 0 Å². The Morgan fingerprint density at radius 3 is 2.21 bits per heavy atom. The van der Waals surface area contributed by atoms with Gasteiger partial charge in [-0.2, -0.15) is 0 Å². The molecule has 4 nitrogen and oxygen atoms in total. The Kier molecular flexibility index (Phi) is 3.16. The normalized spacial score (nSPS) is 12.9. The van der Waals surface area contributed by atoms with Gasteiger partial charge in [-0.15, -0.1) is 0 Å². The van der Waals surface area contributed by atoms with Crippen LogP contribution in [-0.4, -0.2) is 21.1 Å². The lowest BCUT2D eigenvalue weighted by Gasteiger charge is -2.15. The van der Waals surface area contributed by atoms with Crippen LogP contribution in [0, 0.1) is 5.82 Å². The van der Waals surface area contributed by atoms with Crippen LogP contribution in [0.5, 0.6) is 0 Å². The molecule has 2 aromatic carbocycles. The summed E-state index contributed by atoms with van der Waals surface area (Å²) in [6.07, 6.45) is 0. The number of aromatic nitrogens is 2. The summed E-state index contributed by atoms with van der Waals surface area (Å²) in [5.74, 6) is -0.312. The SMILES string of the molecule is CCn1c(-c2ccc(F)cc2)nc2c1C(=O)c1ccccc1C2=O. The van der Waals surface area contributed by atoms with E-state index in [1.54, 1.807) is 41.0 Å². The van der Waals surface area contributed by atoms with Crippen LogP contribution in [0.25, 0.3) is 11.4 Å². The molecule has 4 rings (SSSR count). The highest BCUT2D eigenvalue weighted by molar-refractivity contribution is 6.27. The van der Waals surface area contributed by atoms with Crippen LogP contribution in [0.1, 0.15) is 39.0 Å². The lowest BCUT2D eigenvalue weighted by molar-refractivity contribution is 0.0971. The lowest BCUT2D eigenvalue weighted by atomic mass is 9.90. The molecule has 0 unspecified atom stereocenters. The maximum atomic E-state index is 13.2. The molecule has 118 valence electrons. The summed E-state index contributed by atoms with van der Waals surface area (Å²) in [5.41, 5.74) is 1.91. The Morgan fingerprint density at radius 1 is 0.958 bits per heavy atom. The molecule has 1 heterocycles. The van der Waals surface area contributed by atoms with Crippen molar-refractivity contribution in [2.45, 2.75) is 13.5 Å². The third kappa shape index (κ3) is 1.94. The van der Waals surface area contributed by atoms with Gasteiger partial charge in [0.05, 0.1) is 0 Å². The van der Waals surface area contributed by atoms with Gasteiger partial charge in [-0.1, -0.05) is 24.3 Å². The van der Waals surface area contributed by atoms with Gasteiger partial charge in [-0.05, 0) is 31.2 Å². The molecule has 1 aliphatic rings. The Hall–Kier alpha value is -3.08. The molecule has 0 atom stereocenters. The molecule has 5 heteroatoms. The number of imidazole rings is 1. The summed E-state index contributed by atoms with van der Waals surface area (Å²) in [4.78, 5) is 30.0. The molecule has 0 fully saturated rings. The zero-order valence-electron chi connectivity index (χ0n) is 12.9. The molecule has 1 aliphatic carbocycles. The molecule has 0 radical (unpaired) electrons. The van der Waals surface area contributed by atoms with Crippen molar-refractivity contribution in [3.8, 4) is 11.4 Å². The van der Waals surface area contributed by atoms with Crippen molar-refractivity contribution < 1.29 is 14.0 Å². The number of benzene rings is 2. The number of carbonyl (C=O) groups excluding carboxylic acids is 2. The van der Waals surface area contributed by atoms with Gasteiger partial charge in [0.2, 0.25) is 11.6 Å². The molecule has 0 bridgehead atoms. The number of rotatable bonds is 2. The standard InChI is InChI=1S/C19H13FN2O2/c1-2-22-16-15(21-19(22)11-7-9-12(20)10-8-11)17(23)13-5-3-4-6-14(13)18(16)24/h3-10H,2H2,1H3. The smallest absolute Gasteiger partial charge is 0.214 e. The van der Waals surface area contributed by atoms with Crippen molar-refractivity contribution in [3.05, 3.63) is 76.9 Å². The Bertz CT molecular complexity index is 987. The average molecular weight is 320 g/mol. The molecular weight excluding hydrogens is 307 g/mol. The van der Waals surface area contributed by atoms with Gasteiger partial charge in [-0.25, -0.2) is 9.37 Å². The molecule has 1 aromatic heterocycles. The van der Waals surface area contributed by atoms with E-state index in [1.165, 1.54) is 12.1 Å². The van der Waals surface area contributed by atoms with E-state index in [-0.39, 0.29) is 23.1 Å². The van der Waals surface area contributed by atoms with Crippen LogP contribution in [-0.2, 0) is 6.54 Å². The summed E-state index contributed by atoms with van der Waals surface area (Å²) in [5, 5.41) is 0. The van der Waals surface area contributed by atoms with Crippen LogP contribution in [0.3, 0.4) is 0 Å². The van der Waals surface area contributed by atoms with Crippen LogP contribution in [0.15, 0.2) is 48.5 Å². The number of carbonyl (C=O) groups is 2. The highest BCUT2D eigenvalue weighted by Gasteiger charge is 2.35. The number of ketones is 2. The summed E-state index contributed by atoms with van der Waals surface area (Å²) < 4.78 is 14.9. The van der Waals surface area contributed by atoms with E-state index in [0.717, 1.165) is 0 Å². The molecule has 0 aliphatic heterocycles. The number of halogens is 1. The van der Waals surface area contributed by atoms with Gasteiger partial charge in [0.1, 0.15) is 23.0 Å².